The summed E-state index contributed by atoms with van der Waals surface area (Å²) < 4.78 is 21.9. The standard InChI is InChI=1S/C11H16ClN2O6P/c1-14(2,3)6-7-19-21(17,18)20-11-5-4-9(13(15)16)8-10(11)12/h4-5,8H,6-7H2,1-3H3/p+1. The van der Waals surface area contributed by atoms with E-state index in [-0.39, 0.29) is 23.1 Å². The molecule has 0 fully saturated rings. The SMILES string of the molecule is C[N+](C)(C)CCOP(=O)(O)Oc1ccc([N+](=O)[O-])cc1Cl. The van der Waals surface area contributed by atoms with Crippen molar-refractivity contribution >= 4 is 25.1 Å². The third-order valence-corrected chi connectivity index (χ3v) is 3.59. The first-order valence-corrected chi connectivity index (χ1v) is 7.79. The number of rotatable bonds is 7. The van der Waals surface area contributed by atoms with Crippen LogP contribution in [0.2, 0.25) is 5.02 Å². The second-order valence-electron chi connectivity index (χ2n) is 5.28. The monoisotopic (exact) mass is 339 g/mol. The van der Waals surface area contributed by atoms with Gasteiger partial charge < -0.3 is 9.01 Å². The minimum Gasteiger partial charge on any atom is -0.403 e. The number of nitro benzene ring substituents is 1. The van der Waals surface area contributed by atoms with Crippen molar-refractivity contribution in [1.82, 2.24) is 0 Å². The Morgan fingerprint density at radius 2 is 2.05 bits per heavy atom. The number of benzene rings is 1. The predicted molar refractivity (Wildman–Crippen MR) is 77.4 cm³/mol. The molecule has 0 aliphatic carbocycles. The van der Waals surface area contributed by atoms with Gasteiger partial charge in [0.1, 0.15) is 13.2 Å². The highest BCUT2D eigenvalue weighted by molar-refractivity contribution is 7.47. The molecule has 0 saturated carbocycles. The molecule has 0 radical (unpaired) electrons. The van der Waals surface area contributed by atoms with Gasteiger partial charge in [-0.05, 0) is 6.07 Å². The highest BCUT2D eigenvalue weighted by atomic mass is 35.5. The fourth-order valence-corrected chi connectivity index (χ4v) is 2.30. The highest BCUT2D eigenvalue weighted by Crippen LogP contribution is 2.46. The van der Waals surface area contributed by atoms with Gasteiger partial charge in [-0.3, -0.25) is 19.5 Å². The van der Waals surface area contributed by atoms with Crippen LogP contribution >= 0.6 is 19.4 Å². The van der Waals surface area contributed by atoms with Crippen molar-refractivity contribution in [3.8, 4) is 5.75 Å². The van der Waals surface area contributed by atoms with E-state index >= 15 is 0 Å². The molecule has 1 aromatic carbocycles. The third kappa shape index (κ3) is 6.41. The molecule has 0 aliphatic rings. The van der Waals surface area contributed by atoms with Crippen LogP contribution in [0.5, 0.6) is 5.75 Å². The Hall–Kier alpha value is -1.18. The molecule has 8 nitrogen and oxygen atoms in total. The van der Waals surface area contributed by atoms with Crippen LogP contribution < -0.4 is 4.52 Å². The predicted octanol–water partition coefficient (Wildman–Crippen LogP) is 2.45. The fourth-order valence-electron chi connectivity index (χ4n) is 1.26. The number of nitrogens with zero attached hydrogens (tertiary/aromatic N) is 2. The first-order valence-electron chi connectivity index (χ1n) is 5.91. The largest absolute Gasteiger partial charge is 0.527 e. The maximum atomic E-state index is 11.8. The van der Waals surface area contributed by atoms with Gasteiger partial charge in [-0.1, -0.05) is 11.6 Å². The smallest absolute Gasteiger partial charge is 0.403 e. The van der Waals surface area contributed by atoms with E-state index in [1.807, 2.05) is 21.1 Å². The molecule has 1 rings (SSSR count). The lowest BCUT2D eigenvalue weighted by atomic mass is 10.3. The van der Waals surface area contributed by atoms with E-state index in [0.29, 0.717) is 11.0 Å². The van der Waals surface area contributed by atoms with Gasteiger partial charge in [0.25, 0.3) is 5.69 Å². The molecule has 1 aromatic rings. The van der Waals surface area contributed by atoms with E-state index in [9.17, 15) is 19.6 Å². The van der Waals surface area contributed by atoms with Crippen LogP contribution in [0.1, 0.15) is 0 Å². The molecular weight excluding hydrogens is 323 g/mol. The van der Waals surface area contributed by atoms with E-state index in [0.717, 1.165) is 18.2 Å². The molecule has 118 valence electrons. The Bertz CT molecular complexity index is 574. The zero-order valence-electron chi connectivity index (χ0n) is 11.9. The van der Waals surface area contributed by atoms with Gasteiger partial charge in [-0.2, -0.15) is 0 Å². The van der Waals surface area contributed by atoms with E-state index in [4.69, 9.17) is 20.6 Å². The van der Waals surface area contributed by atoms with Crippen molar-refractivity contribution in [3.63, 3.8) is 0 Å². The van der Waals surface area contributed by atoms with Crippen LogP contribution in [0.3, 0.4) is 0 Å². The molecule has 1 N–H and O–H groups in total. The summed E-state index contributed by atoms with van der Waals surface area (Å²) in [6.07, 6.45) is 0. The lowest BCUT2D eigenvalue weighted by molar-refractivity contribution is -0.870. The quantitative estimate of drug-likeness (QED) is 0.354. The number of halogens is 1. The lowest BCUT2D eigenvalue weighted by Gasteiger charge is -2.24. The first kappa shape index (κ1) is 17.9. The molecule has 0 aromatic heterocycles. The average molecular weight is 340 g/mol. The molecule has 1 atom stereocenters. The zero-order chi connectivity index (χ0) is 16.3. The van der Waals surface area contributed by atoms with Gasteiger partial charge >= 0.3 is 7.82 Å². The van der Waals surface area contributed by atoms with Gasteiger partial charge in [-0.15, -0.1) is 0 Å². The molecule has 21 heavy (non-hydrogen) atoms. The normalized spacial score (nSPS) is 14.5. The molecule has 0 amide bonds. The summed E-state index contributed by atoms with van der Waals surface area (Å²) in [5, 5.41) is 10.4. The highest BCUT2D eigenvalue weighted by Gasteiger charge is 2.26. The summed E-state index contributed by atoms with van der Waals surface area (Å²) in [6, 6.07) is 3.29. The first-order chi connectivity index (χ1) is 9.50. The number of non-ortho nitro benzene ring substituents is 1. The molecule has 0 saturated heterocycles. The number of hydrogen-bond donors (Lipinski definition) is 1. The lowest BCUT2D eigenvalue weighted by Crippen LogP contribution is -2.37. The second kappa shape index (κ2) is 6.72. The summed E-state index contributed by atoms with van der Waals surface area (Å²) in [5.41, 5.74) is -0.244. The Kier molecular flexibility index (Phi) is 5.72. The van der Waals surface area contributed by atoms with E-state index in [1.165, 1.54) is 0 Å². The summed E-state index contributed by atoms with van der Waals surface area (Å²) in [4.78, 5) is 19.5. The van der Waals surface area contributed by atoms with Crippen LogP contribution in [0.25, 0.3) is 0 Å². The summed E-state index contributed by atoms with van der Waals surface area (Å²) >= 11 is 5.77. The molecule has 10 heteroatoms. The summed E-state index contributed by atoms with van der Waals surface area (Å²) in [6.45, 7) is 0.518. The number of hydrogen-bond acceptors (Lipinski definition) is 5. The molecule has 1 unspecified atom stereocenters. The van der Waals surface area contributed by atoms with Crippen molar-refractivity contribution in [3.05, 3.63) is 33.3 Å². The van der Waals surface area contributed by atoms with E-state index in [2.05, 4.69) is 0 Å². The van der Waals surface area contributed by atoms with Crippen molar-refractivity contribution in [2.75, 3.05) is 34.3 Å². The minimum absolute atomic E-state index is 0.0158. The van der Waals surface area contributed by atoms with Gasteiger partial charge in [0.2, 0.25) is 0 Å². The van der Waals surface area contributed by atoms with Crippen LogP contribution in [0.4, 0.5) is 5.69 Å². The van der Waals surface area contributed by atoms with Crippen molar-refractivity contribution < 1.29 is 27.9 Å². The van der Waals surface area contributed by atoms with Crippen LogP contribution in [0, 0.1) is 10.1 Å². The molecule has 0 spiro atoms. The van der Waals surface area contributed by atoms with Crippen LogP contribution in [0.15, 0.2) is 18.2 Å². The van der Waals surface area contributed by atoms with E-state index in [1.54, 1.807) is 0 Å². The Morgan fingerprint density at radius 3 is 2.52 bits per heavy atom. The van der Waals surface area contributed by atoms with Gasteiger partial charge in [-0.25, -0.2) is 4.57 Å². The third-order valence-electron chi connectivity index (χ3n) is 2.36. The van der Waals surface area contributed by atoms with Crippen LogP contribution in [-0.4, -0.2) is 48.6 Å². The van der Waals surface area contributed by atoms with Crippen molar-refractivity contribution in [1.29, 1.82) is 0 Å². The number of nitro groups is 1. The minimum atomic E-state index is -4.33. The van der Waals surface area contributed by atoms with Gasteiger partial charge in [0.15, 0.2) is 5.75 Å². The molecule has 0 aliphatic heterocycles. The molecule has 0 heterocycles. The maximum Gasteiger partial charge on any atom is 0.527 e. The topological polar surface area (TPSA) is 98.9 Å². The number of phosphoric ester groups is 1. The number of quaternary nitrogens is 1. The maximum absolute atomic E-state index is 11.8. The van der Waals surface area contributed by atoms with Gasteiger partial charge in [0.05, 0.1) is 31.1 Å². The zero-order valence-corrected chi connectivity index (χ0v) is 13.5. The van der Waals surface area contributed by atoms with Crippen molar-refractivity contribution in [2.24, 2.45) is 0 Å². The summed E-state index contributed by atoms with van der Waals surface area (Å²) in [7, 11) is 1.38. The summed E-state index contributed by atoms with van der Waals surface area (Å²) in [5.74, 6) is -0.154. The number of phosphoric acid groups is 1. The molecular formula is C11H17ClN2O6P+. The Morgan fingerprint density at radius 1 is 1.43 bits per heavy atom. The number of likely N-dealkylation sites (N-methyl/N-ethyl adjacent to an activating group) is 1. The molecule has 0 bridgehead atoms. The van der Waals surface area contributed by atoms with Gasteiger partial charge in [0, 0.05) is 12.1 Å². The Balaban J connectivity index is 2.71. The van der Waals surface area contributed by atoms with Crippen molar-refractivity contribution in [2.45, 2.75) is 0 Å². The van der Waals surface area contributed by atoms with E-state index < -0.39 is 12.7 Å². The second-order valence-corrected chi connectivity index (χ2v) is 7.06. The average Bonchev–Trinajstić information content (AvgIpc) is 2.29. The fraction of sp³-hybridized carbons (Fsp3) is 0.455. The van der Waals surface area contributed by atoms with Crippen LogP contribution in [-0.2, 0) is 9.09 Å². The Labute approximate surface area is 127 Å².